The number of benzene rings is 2. The van der Waals surface area contributed by atoms with Crippen LogP contribution in [0.4, 0.5) is 13.2 Å². The second kappa shape index (κ2) is 8.97. The highest BCUT2D eigenvalue weighted by atomic mass is 32.1. The predicted molar refractivity (Wildman–Crippen MR) is 114 cm³/mol. The number of carboxylic acid groups (broad SMARTS) is 1. The Labute approximate surface area is 177 Å². The summed E-state index contributed by atoms with van der Waals surface area (Å²) in [7, 11) is 0. The van der Waals surface area contributed by atoms with Crippen molar-refractivity contribution in [3.63, 3.8) is 0 Å². The minimum absolute atomic E-state index is 0.00685. The first-order chi connectivity index (χ1) is 14.2. The molecule has 30 heavy (non-hydrogen) atoms. The van der Waals surface area contributed by atoms with E-state index in [0.717, 1.165) is 33.6 Å². The number of nitrogens with zero attached hydrogens (tertiary/aromatic N) is 1. The molecule has 0 unspecified atom stereocenters. The minimum atomic E-state index is -4.44. The minimum Gasteiger partial charge on any atom is -0.480 e. The number of aromatic nitrogens is 1. The van der Waals surface area contributed by atoms with E-state index in [1.165, 1.54) is 12.1 Å². The molecule has 0 aliphatic heterocycles. The van der Waals surface area contributed by atoms with E-state index in [0.29, 0.717) is 12.0 Å². The second-order valence-electron chi connectivity index (χ2n) is 6.96. The number of fused-ring (bicyclic) bond motifs is 1. The summed E-state index contributed by atoms with van der Waals surface area (Å²) in [5.74, 6) is -1.07. The molecule has 0 saturated heterocycles. The molecule has 3 rings (SSSR count). The summed E-state index contributed by atoms with van der Waals surface area (Å²) in [6, 6.07) is 11.5. The summed E-state index contributed by atoms with van der Waals surface area (Å²) in [6.45, 7) is 1.96. The zero-order valence-electron chi connectivity index (χ0n) is 16.2. The first-order valence-electron chi connectivity index (χ1n) is 9.45. The second-order valence-corrected chi connectivity index (χ2v) is 7.43. The van der Waals surface area contributed by atoms with Gasteiger partial charge >= 0.3 is 12.1 Å². The van der Waals surface area contributed by atoms with Gasteiger partial charge in [-0.3, -0.25) is 4.79 Å². The number of halogens is 3. The van der Waals surface area contributed by atoms with Crippen molar-refractivity contribution >= 4 is 34.1 Å². The Kier molecular flexibility index (Phi) is 6.58. The molecule has 8 heteroatoms. The van der Waals surface area contributed by atoms with Gasteiger partial charge in [-0.1, -0.05) is 55.5 Å². The van der Waals surface area contributed by atoms with Crippen LogP contribution >= 0.6 is 12.2 Å². The molecule has 0 radical (unpaired) electrons. The highest BCUT2D eigenvalue weighted by molar-refractivity contribution is 7.80. The smallest absolute Gasteiger partial charge is 0.416 e. The summed E-state index contributed by atoms with van der Waals surface area (Å²) in [6.07, 6.45) is -1.75. The lowest BCUT2D eigenvalue weighted by Gasteiger charge is -2.15. The zero-order chi connectivity index (χ0) is 21.9. The van der Waals surface area contributed by atoms with Gasteiger partial charge in [0.1, 0.15) is 6.04 Å². The van der Waals surface area contributed by atoms with Crippen molar-refractivity contribution in [1.82, 2.24) is 9.88 Å². The third-order valence-corrected chi connectivity index (χ3v) is 5.38. The first kappa shape index (κ1) is 22.0. The third-order valence-electron chi connectivity index (χ3n) is 4.89. The van der Waals surface area contributed by atoms with Crippen LogP contribution in [0, 0.1) is 0 Å². The van der Waals surface area contributed by atoms with E-state index in [1.807, 2.05) is 42.0 Å². The van der Waals surface area contributed by atoms with E-state index in [-0.39, 0.29) is 13.0 Å². The summed E-state index contributed by atoms with van der Waals surface area (Å²) in [5, 5.41) is 13.4. The molecule has 158 valence electrons. The molecule has 2 N–H and O–H groups in total. The molecule has 0 spiro atoms. The summed E-state index contributed by atoms with van der Waals surface area (Å²) >= 11 is 5.42. The molecular formula is C22H21F3N2O2S. The maximum absolute atomic E-state index is 12.9. The molecule has 2 aromatic carbocycles. The van der Waals surface area contributed by atoms with Crippen LogP contribution in [-0.4, -0.2) is 26.7 Å². The van der Waals surface area contributed by atoms with Crippen molar-refractivity contribution in [1.29, 1.82) is 0 Å². The molecule has 4 nitrogen and oxygen atoms in total. The van der Waals surface area contributed by atoms with E-state index in [9.17, 15) is 23.1 Å². The van der Waals surface area contributed by atoms with E-state index in [2.05, 4.69) is 5.32 Å². The normalized spacial score (nSPS) is 12.8. The Morgan fingerprint density at radius 2 is 1.93 bits per heavy atom. The van der Waals surface area contributed by atoms with Crippen LogP contribution in [0.1, 0.15) is 30.0 Å². The SMILES string of the molecule is CCC(=S)n1cc(C[C@H](NCc2cccc(C(F)(F)F)c2)C(=O)O)c2ccccc21. The van der Waals surface area contributed by atoms with Crippen LogP contribution < -0.4 is 5.32 Å². The third kappa shape index (κ3) is 4.88. The number of carboxylic acids is 1. The van der Waals surface area contributed by atoms with Gasteiger partial charge in [0.05, 0.1) is 16.1 Å². The number of alkyl halides is 3. The quantitative estimate of drug-likeness (QED) is 0.512. The van der Waals surface area contributed by atoms with Gasteiger partial charge in [-0.2, -0.15) is 13.2 Å². The van der Waals surface area contributed by atoms with Gasteiger partial charge in [-0.25, -0.2) is 0 Å². The van der Waals surface area contributed by atoms with Gasteiger partial charge < -0.3 is 15.0 Å². The van der Waals surface area contributed by atoms with Crippen molar-refractivity contribution in [2.75, 3.05) is 0 Å². The predicted octanol–water partition coefficient (Wildman–Crippen LogP) is 5.03. The Morgan fingerprint density at radius 3 is 2.60 bits per heavy atom. The molecule has 0 fully saturated rings. The summed E-state index contributed by atoms with van der Waals surface area (Å²) in [5.41, 5.74) is 1.32. The number of hydrogen-bond acceptors (Lipinski definition) is 3. The van der Waals surface area contributed by atoms with Crippen LogP contribution in [0.25, 0.3) is 10.9 Å². The van der Waals surface area contributed by atoms with Crippen molar-refractivity contribution < 1.29 is 23.1 Å². The van der Waals surface area contributed by atoms with E-state index in [4.69, 9.17) is 12.2 Å². The van der Waals surface area contributed by atoms with E-state index in [1.54, 1.807) is 0 Å². The van der Waals surface area contributed by atoms with Crippen molar-refractivity contribution in [3.05, 3.63) is 71.4 Å². The van der Waals surface area contributed by atoms with E-state index < -0.39 is 23.8 Å². The van der Waals surface area contributed by atoms with Gasteiger partial charge in [-0.15, -0.1) is 0 Å². The number of carbonyl (C=O) groups is 1. The lowest BCUT2D eigenvalue weighted by molar-refractivity contribution is -0.140. The van der Waals surface area contributed by atoms with Gasteiger partial charge in [-0.05, 0) is 29.7 Å². The largest absolute Gasteiger partial charge is 0.480 e. The molecule has 0 aliphatic carbocycles. The molecule has 0 amide bonds. The van der Waals surface area contributed by atoms with Crippen molar-refractivity contribution in [3.8, 4) is 0 Å². The van der Waals surface area contributed by atoms with Crippen molar-refractivity contribution in [2.24, 2.45) is 0 Å². The standard InChI is InChI=1S/C22H21F3N2O2S/c1-2-20(30)27-13-15(17-8-3-4-9-19(17)27)11-18(21(28)29)26-12-14-6-5-7-16(10-14)22(23,24)25/h3-10,13,18,26H,2,11-12H2,1H3,(H,28,29)/t18-/m0/s1. The van der Waals surface area contributed by atoms with Crippen LogP contribution in [0.3, 0.4) is 0 Å². The summed E-state index contributed by atoms with van der Waals surface area (Å²) < 4.78 is 40.6. The fraction of sp³-hybridized carbons (Fsp3) is 0.273. The molecule has 0 aliphatic rings. The number of para-hydroxylation sites is 1. The summed E-state index contributed by atoms with van der Waals surface area (Å²) in [4.78, 5) is 12.5. The lowest BCUT2D eigenvalue weighted by atomic mass is 10.0. The highest BCUT2D eigenvalue weighted by Crippen LogP contribution is 2.29. The molecule has 3 aromatic rings. The number of rotatable bonds is 7. The Balaban J connectivity index is 1.82. The van der Waals surface area contributed by atoms with Crippen LogP contribution in [0.15, 0.2) is 54.7 Å². The monoisotopic (exact) mass is 434 g/mol. The Hall–Kier alpha value is -2.71. The molecule has 1 aromatic heterocycles. The Morgan fingerprint density at radius 1 is 1.20 bits per heavy atom. The van der Waals surface area contributed by atoms with Crippen LogP contribution in [0.5, 0.6) is 0 Å². The van der Waals surface area contributed by atoms with Crippen LogP contribution in [-0.2, 0) is 23.9 Å². The molecule has 0 bridgehead atoms. The maximum Gasteiger partial charge on any atom is 0.416 e. The molecule has 1 heterocycles. The molecular weight excluding hydrogens is 413 g/mol. The van der Waals surface area contributed by atoms with Gasteiger partial charge in [0.2, 0.25) is 0 Å². The average Bonchev–Trinajstić information content (AvgIpc) is 3.08. The average molecular weight is 434 g/mol. The number of hydrogen-bond donors (Lipinski definition) is 2. The van der Waals surface area contributed by atoms with Crippen LogP contribution in [0.2, 0.25) is 0 Å². The van der Waals surface area contributed by atoms with Gasteiger partial charge in [0.25, 0.3) is 0 Å². The topological polar surface area (TPSA) is 54.3 Å². The lowest BCUT2D eigenvalue weighted by Crippen LogP contribution is -2.38. The number of nitrogens with one attached hydrogen (secondary N) is 1. The maximum atomic E-state index is 12.9. The Bertz CT molecular complexity index is 1080. The van der Waals surface area contributed by atoms with Gasteiger partial charge in [0.15, 0.2) is 0 Å². The molecule has 1 atom stereocenters. The zero-order valence-corrected chi connectivity index (χ0v) is 17.1. The van der Waals surface area contributed by atoms with E-state index >= 15 is 0 Å². The fourth-order valence-corrected chi connectivity index (χ4v) is 3.51. The number of aliphatic carboxylic acids is 1. The number of thiocarbonyl (C=S) groups is 1. The highest BCUT2D eigenvalue weighted by Gasteiger charge is 2.30. The fourth-order valence-electron chi connectivity index (χ4n) is 3.35. The molecule has 0 saturated carbocycles. The van der Waals surface area contributed by atoms with Gasteiger partial charge in [0, 0.05) is 24.5 Å². The first-order valence-corrected chi connectivity index (χ1v) is 9.86. The van der Waals surface area contributed by atoms with Crippen molar-refractivity contribution in [2.45, 2.75) is 38.5 Å².